The molecule has 28 heavy (non-hydrogen) atoms. The summed E-state index contributed by atoms with van der Waals surface area (Å²) < 4.78 is 15.4. The van der Waals surface area contributed by atoms with Crippen LogP contribution in [-0.2, 0) is 19.1 Å². The minimum absolute atomic E-state index is 0.105. The van der Waals surface area contributed by atoms with E-state index in [9.17, 15) is 19.2 Å². The molecular weight excluding hydrogens is 412 g/mol. The first-order valence-electron chi connectivity index (χ1n) is 7.96. The number of ether oxygens (including phenoxy) is 3. The molecule has 150 valence electrons. The second kappa shape index (κ2) is 9.47. The minimum Gasteiger partial charge on any atom is -0.490 e. The average molecular weight is 429 g/mol. The molecule has 1 fully saturated rings. The second-order valence-corrected chi connectivity index (χ2v) is 6.76. The predicted molar refractivity (Wildman–Crippen MR) is 102 cm³/mol. The molecule has 0 atom stereocenters. The second-order valence-electron chi connectivity index (χ2n) is 5.36. The normalized spacial score (nSPS) is 15.1. The molecule has 1 aliphatic heterocycles. The molecule has 0 bridgehead atoms. The molecule has 0 saturated carbocycles. The lowest BCUT2D eigenvalue weighted by Crippen LogP contribution is -2.36. The van der Waals surface area contributed by atoms with Crippen LogP contribution in [0.2, 0.25) is 5.02 Å². The molecule has 9 nitrogen and oxygen atoms in total. The zero-order chi connectivity index (χ0) is 20.8. The van der Waals surface area contributed by atoms with E-state index in [1.54, 1.807) is 13.0 Å². The van der Waals surface area contributed by atoms with Gasteiger partial charge in [0.25, 0.3) is 11.1 Å². The molecule has 11 heteroatoms. The highest BCUT2D eigenvalue weighted by molar-refractivity contribution is 8.18. The highest BCUT2D eigenvalue weighted by atomic mass is 35.5. The molecule has 0 aliphatic carbocycles. The fraction of sp³-hybridized carbons (Fsp3) is 0.294. The summed E-state index contributed by atoms with van der Waals surface area (Å²) in [5.74, 6) is -1.62. The molecule has 0 spiro atoms. The van der Waals surface area contributed by atoms with Crippen molar-refractivity contribution in [2.45, 2.75) is 6.92 Å². The number of nitrogens with zero attached hydrogens (tertiary/aromatic N) is 1. The Labute approximate surface area is 169 Å². The number of rotatable bonds is 8. The van der Waals surface area contributed by atoms with Gasteiger partial charge in [-0.15, -0.1) is 0 Å². The van der Waals surface area contributed by atoms with Gasteiger partial charge < -0.3 is 19.9 Å². The van der Waals surface area contributed by atoms with Crippen LogP contribution in [0.3, 0.4) is 0 Å². The van der Waals surface area contributed by atoms with Gasteiger partial charge in [0.2, 0.25) is 5.91 Å². The molecule has 1 aliphatic rings. The van der Waals surface area contributed by atoms with Gasteiger partial charge in [-0.2, -0.15) is 0 Å². The number of amides is 3. The maximum Gasteiger partial charge on any atom is 0.343 e. The van der Waals surface area contributed by atoms with Gasteiger partial charge in [-0.3, -0.25) is 19.3 Å². The quantitative estimate of drug-likeness (QED) is 0.490. The number of carbonyl (C=O) groups excluding carboxylic acids is 4. The van der Waals surface area contributed by atoms with Gasteiger partial charge in [0, 0.05) is 0 Å². The Balaban J connectivity index is 2.32. The van der Waals surface area contributed by atoms with Crippen LogP contribution < -0.4 is 15.2 Å². The molecule has 0 unspecified atom stereocenters. The first-order chi connectivity index (χ1) is 13.3. The molecule has 2 N–H and O–H groups in total. The third-order valence-corrected chi connectivity index (χ3v) is 4.57. The maximum absolute atomic E-state index is 12.3. The van der Waals surface area contributed by atoms with Crippen LogP contribution in [-0.4, -0.2) is 54.8 Å². The largest absolute Gasteiger partial charge is 0.490 e. The van der Waals surface area contributed by atoms with E-state index in [0.717, 1.165) is 4.90 Å². The Morgan fingerprint density at radius 3 is 2.61 bits per heavy atom. The summed E-state index contributed by atoms with van der Waals surface area (Å²) in [5, 5.41) is -0.457. The van der Waals surface area contributed by atoms with Crippen LogP contribution in [0.15, 0.2) is 17.0 Å². The molecule has 3 amide bonds. The summed E-state index contributed by atoms with van der Waals surface area (Å²) in [6, 6.07) is 3.03. The Bertz CT molecular complexity index is 856. The molecule has 1 aromatic rings. The average Bonchev–Trinajstić information content (AvgIpc) is 2.88. The van der Waals surface area contributed by atoms with E-state index < -0.39 is 29.6 Å². The van der Waals surface area contributed by atoms with Crippen LogP contribution in [0.1, 0.15) is 12.5 Å². The van der Waals surface area contributed by atoms with Crippen LogP contribution in [0.25, 0.3) is 6.08 Å². The molecule has 1 saturated heterocycles. The fourth-order valence-electron chi connectivity index (χ4n) is 2.21. The van der Waals surface area contributed by atoms with E-state index in [1.165, 1.54) is 19.3 Å². The smallest absolute Gasteiger partial charge is 0.343 e. The van der Waals surface area contributed by atoms with Crippen molar-refractivity contribution in [1.29, 1.82) is 0 Å². The lowest BCUT2D eigenvalue weighted by Gasteiger charge is -2.14. The van der Waals surface area contributed by atoms with Gasteiger partial charge in [-0.05, 0) is 42.5 Å². The van der Waals surface area contributed by atoms with Crippen molar-refractivity contribution in [3.63, 3.8) is 0 Å². The van der Waals surface area contributed by atoms with E-state index in [-0.39, 0.29) is 28.0 Å². The zero-order valence-corrected chi connectivity index (χ0v) is 16.6. The van der Waals surface area contributed by atoms with Gasteiger partial charge in [0.1, 0.15) is 6.54 Å². The third-order valence-electron chi connectivity index (χ3n) is 3.38. The summed E-state index contributed by atoms with van der Waals surface area (Å²) in [6.07, 6.45) is 1.43. The highest BCUT2D eigenvalue weighted by Crippen LogP contribution is 2.39. The predicted octanol–water partition coefficient (Wildman–Crippen LogP) is 1.81. The van der Waals surface area contributed by atoms with Gasteiger partial charge in [0.15, 0.2) is 18.1 Å². The molecule has 0 radical (unpaired) electrons. The maximum atomic E-state index is 12.3. The van der Waals surface area contributed by atoms with Crippen LogP contribution in [0.5, 0.6) is 11.5 Å². The van der Waals surface area contributed by atoms with Crippen molar-refractivity contribution in [2.24, 2.45) is 5.73 Å². The topological polar surface area (TPSA) is 125 Å². The number of primary amides is 1. The standard InChI is InChI=1S/C17H17ClN2O7S/c1-3-26-11-5-9(4-10(18)15(11)27-8-14(22)25-2)6-12-16(23)20(7-13(19)21)17(24)28-12/h4-6H,3,7-8H2,1-2H3,(H2,19,21)/b12-6-. The van der Waals surface area contributed by atoms with Crippen molar-refractivity contribution in [3.8, 4) is 11.5 Å². The number of halogens is 1. The summed E-state index contributed by atoms with van der Waals surface area (Å²) in [7, 11) is 1.23. The lowest BCUT2D eigenvalue weighted by atomic mass is 10.1. The van der Waals surface area contributed by atoms with Crippen LogP contribution in [0.4, 0.5) is 4.79 Å². The first kappa shape index (κ1) is 21.6. The lowest BCUT2D eigenvalue weighted by molar-refractivity contribution is -0.143. The number of carbonyl (C=O) groups is 4. The summed E-state index contributed by atoms with van der Waals surface area (Å²) >= 11 is 6.91. The van der Waals surface area contributed by atoms with Gasteiger partial charge in [-0.1, -0.05) is 11.6 Å². The number of hydrogen-bond donors (Lipinski definition) is 1. The molecule has 1 aromatic carbocycles. The Morgan fingerprint density at radius 2 is 2.00 bits per heavy atom. The molecule has 0 aromatic heterocycles. The highest BCUT2D eigenvalue weighted by Gasteiger charge is 2.35. The Kier molecular flexibility index (Phi) is 7.30. The van der Waals surface area contributed by atoms with Crippen molar-refractivity contribution >= 4 is 52.5 Å². The number of methoxy groups -OCH3 is 1. The molecule has 1 heterocycles. The number of imide groups is 1. The van der Waals surface area contributed by atoms with Crippen molar-refractivity contribution in [3.05, 3.63) is 27.6 Å². The summed E-state index contributed by atoms with van der Waals surface area (Å²) in [5.41, 5.74) is 5.51. The number of benzene rings is 1. The number of nitrogens with two attached hydrogens (primary N) is 1. The number of hydrogen-bond acceptors (Lipinski definition) is 8. The van der Waals surface area contributed by atoms with Gasteiger partial charge in [-0.25, -0.2) is 4.79 Å². The van der Waals surface area contributed by atoms with Crippen LogP contribution >= 0.6 is 23.4 Å². The minimum atomic E-state index is -0.794. The number of thioether (sulfide) groups is 1. The van der Waals surface area contributed by atoms with E-state index in [1.807, 2.05) is 0 Å². The zero-order valence-electron chi connectivity index (χ0n) is 15.0. The summed E-state index contributed by atoms with van der Waals surface area (Å²) in [6.45, 7) is 1.19. The van der Waals surface area contributed by atoms with E-state index >= 15 is 0 Å². The Morgan fingerprint density at radius 1 is 1.29 bits per heavy atom. The van der Waals surface area contributed by atoms with E-state index in [0.29, 0.717) is 23.9 Å². The van der Waals surface area contributed by atoms with Gasteiger partial charge >= 0.3 is 5.97 Å². The Hall–Kier alpha value is -2.72. The van der Waals surface area contributed by atoms with Crippen molar-refractivity contribution in [2.75, 3.05) is 26.9 Å². The van der Waals surface area contributed by atoms with Crippen molar-refractivity contribution in [1.82, 2.24) is 4.90 Å². The first-order valence-corrected chi connectivity index (χ1v) is 9.15. The fourth-order valence-corrected chi connectivity index (χ4v) is 3.32. The third kappa shape index (κ3) is 5.17. The van der Waals surface area contributed by atoms with E-state index in [2.05, 4.69) is 4.74 Å². The summed E-state index contributed by atoms with van der Waals surface area (Å²) in [4.78, 5) is 47.4. The molecule has 2 rings (SSSR count). The van der Waals surface area contributed by atoms with Crippen molar-refractivity contribution < 1.29 is 33.4 Å². The SMILES string of the molecule is CCOc1cc(/C=C2\SC(=O)N(CC(N)=O)C2=O)cc(Cl)c1OCC(=O)OC. The number of esters is 1. The van der Waals surface area contributed by atoms with E-state index in [4.69, 9.17) is 26.8 Å². The van der Waals surface area contributed by atoms with Gasteiger partial charge in [0.05, 0.1) is 23.6 Å². The monoisotopic (exact) mass is 428 g/mol. The molecular formula is C17H17ClN2O7S. The van der Waals surface area contributed by atoms with Crippen LogP contribution in [0, 0.1) is 0 Å².